The van der Waals surface area contributed by atoms with E-state index in [0.29, 0.717) is 5.56 Å². The minimum absolute atomic E-state index is 0.105. The predicted molar refractivity (Wildman–Crippen MR) is 59.8 cm³/mol. The van der Waals surface area contributed by atoms with Gasteiger partial charge in [-0.05, 0) is 11.6 Å². The van der Waals surface area contributed by atoms with Crippen LogP contribution in [0, 0.1) is 0 Å². The van der Waals surface area contributed by atoms with Crippen molar-refractivity contribution in [3.8, 4) is 0 Å². The van der Waals surface area contributed by atoms with Crippen molar-refractivity contribution in [3.63, 3.8) is 0 Å². The third-order valence-electron chi connectivity index (χ3n) is 2.10. The predicted octanol–water partition coefficient (Wildman–Crippen LogP) is 0.110. The molecule has 0 aromatic heterocycles. The zero-order valence-corrected chi connectivity index (χ0v) is 8.89. The maximum atomic E-state index is 11.0. The van der Waals surface area contributed by atoms with Crippen molar-refractivity contribution in [2.24, 2.45) is 5.73 Å². The number of aliphatic hydroxyl groups is 2. The van der Waals surface area contributed by atoms with Crippen molar-refractivity contribution in [2.75, 3.05) is 5.75 Å². The molecule has 1 rings (SSSR count). The SMILES string of the molecule is NC(=O)c1ccccc1C(O)C(O)CS. The lowest BCUT2D eigenvalue weighted by molar-refractivity contribution is 0.0331. The Kier molecular flexibility index (Phi) is 4.14. The van der Waals surface area contributed by atoms with Crippen LogP contribution in [0.15, 0.2) is 24.3 Å². The van der Waals surface area contributed by atoms with Crippen molar-refractivity contribution in [1.29, 1.82) is 0 Å². The van der Waals surface area contributed by atoms with Gasteiger partial charge in [0.15, 0.2) is 0 Å². The number of aliphatic hydroxyl groups excluding tert-OH is 2. The molecule has 0 spiro atoms. The Morgan fingerprint density at radius 1 is 1.40 bits per heavy atom. The van der Waals surface area contributed by atoms with Crippen LogP contribution in [0.3, 0.4) is 0 Å². The summed E-state index contributed by atoms with van der Waals surface area (Å²) in [5.74, 6) is -0.523. The number of thiol groups is 1. The average molecular weight is 227 g/mol. The second kappa shape index (κ2) is 5.16. The molecule has 0 heterocycles. The van der Waals surface area contributed by atoms with Gasteiger partial charge in [0.1, 0.15) is 6.10 Å². The second-order valence-electron chi connectivity index (χ2n) is 3.15. The fourth-order valence-corrected chi connectivity index (χ4v) is 1.49. The molecule has 15 heavy (non-hydrogen) atoms. The highest BCUT2D eigenvalue weighted by molar-refractivity contribution is 7.80. The van der Waals surface area contributed by atoms with E-state index in [-0.39, 0.29) is 11.3 Å². The standard InChI is InChI=1S/C10H13NO3S/c11-10(14)7-4-2-1-3-6(7)9(13)8(12)5-15/h1-4,8-9,12-13,15H,5H2,(H2,11,14). The van der Waals surface area contributed by atoms with Crippen LogP contribution in [0.4, 0.5) is 0 Å². The molecule has 4 nitrogen and oxygen atoms in total. The first-order chi connectivity index (χ1) is 7.07. The molecule has 0 aliphatic rings. The van der Waals surface area contributed by atoms with Crippen molar-refractivity contribution in [3.05, 3.63) is 35.4 Å². The van der Waals surface area contributed by atoms with E-state index in [1.807, 2.05) is 0 Å². The monoisotopic (exact) mass is 227 g/mol. The van der Waals surface area contributed by atoms with E-state index in [1.165, 1.54) is 6.07 Å². The minimum Gasteiger partial charge on any atom is -0.389 e. The Balaban J connectivity index is 3.07. The first-order valence-electron chi connectivity index (χ1n) is 4.43. The maximum Gasteiger partial charge on any atom is 0.249 e. The summed E-state index contributed by atoms with van der Waals surface area (Å²) in [4.78, 5) is 11.0. The van der Waals surface area contributed by atoms with Gasteiger partial charge < -0.3 is 15.9 Å². The van der Waals surface area contributed by atoms with E-state index in [9.17, 15) is 15.0 Å². The minimum atomic E-state index is -1.15. The fourth-order valence-electron chi connectivity index (χ4n) is 1.29. The highest BCUT2D eigenvalue weighted by atomic mass is 32.1. The summed E-state index contributed by atoms with van der Waals surface area (Å²) in [7, 11) is 0. The molecule has 2 unspecified atom stereocenters. The highest BCUT2D eigenvalue weighted by Gasteiger charge is 2.21. The molecule has 5 heteroatoms. The van der Waals surface area contributed by atoms with Crippen LogP contribution in [0.25, 0.3) is 0 Å². The summed E-state index contributed by atoms with van der Waals surface area (Å²) in [6, 6.07) is 6.36. The van der Waals surface area contributed by atoms with Gasteiger partial charge in [0, 0.05) is 11.3 Å². The molecule has 4 N–H and O–H groups in total. The van der Waals surface area contributed by atoms with E-state index in [0.717, 1.165) is 0 Å². The topological polar surface area (TPSA) is 83.6 Å². The molecular formula is C10H13NO3S. The van der Waals surface area contributed by atoms with Crippen LogP contribution in [0.5, 0.6) is 0 Å². The van der Waals surface area contributed by atoms with Gasteiger partial charge in [-0.3, -0.25) is 4.79 Å². The first kappa shape index (κ1) is 12.0. The summed E-state index contributed by atoms with van der Waals surface area (Å²) in [6.45, 7) is 0. The molecule has 82 valence electrons. The zero-order valence-electron chi connectivity index (χ0n) is 8.00. The van der Waals surface area contributed by atoms with Crippen molar-refractivity contribution >= 4 is 18.5 Å². The van der Waals surface area contributed by atoms with Gasteiger partial charge in [0.25, 0.3) is 0 Å². The van der Waals surface area contributed by atoms with Gasteiger partial charge in [-0.2, -0.15) is 12.6 Å². The maximum absolute atomic E-state index is 11.0. The number of carbonyl (C=O) groups excluding carboxylic acids is 1. The Morgan fingerprint density at radius 2 is 2.00 bits per heavy atom. The Bertz CT molecular complexity index is 356. The molecule has 0 saturated heterocycles. The third kappa shape index (κ3) is 2.71. The first-order valence-corrected chi connectivity index (χ1v) is 5.07. The fraction of sp³-hybridized carbons (Fsp3) is 0.300. The summed E-state index contributed by atoms with van der Waals surface area (Å²) >= 11 is 3.86. The summed E-state index contributed by atoms with van der Waals surface area (Å²) in [5.41, 5.74) is 5.68. The number of amides is 1. The average Bonchev–Trinajstić information content (AvgIpc) is 2.27. The zero-order chi connectivity index (χ0) is 11.4. The van der Waals surface area contributed by atoms with E-state index in [4.69, 9.17) is 5.73 Å². The Labute approximate surface area is 93.1 Å². The number of primary amides is 1. The van der Waals surface area contributed by atoms with Crippen LogP contribution < -0.4 is 5.73 Å². The quantitative estimate of drug-likeness (QED) is 0.551. The van der Waals surface area contributed by atoms with Crippen LogP contribution in [0.1, 0.15) is 22.0 Å². The molecule has 0 aliphatic heterocycles. The number of carbonyl (C=O) groups is 1. The number of hydrogen-bond donors (Lipinski definition) is 4. The lowest BCUT2D eigenvalue weighted by atomic mass is 9.99. The number of nitrogens with two attached hydrogens (primary N) is 1. The molecule has 2 atom stereocenters. The lowest BCUT2D eigenvalue weighted by Crippen LogP contribution is -2.23. The van der Waals surface area contributed by atoms with Gasteiger partial charge in [0.05, 0.1) is 6.10 Å². The van der Waals surface area contributed by atoms with Crippen LogP contribution in [-0.4, -0.2) is 28.0 Å². The molecule has 1 aromatic rings. The normalized spacial score (nSPS) is 14.6. The van der Waals surface area contributed by atoms with Crippen molar-refractivity contribution in [1.82, 2.24) is 0 Å². The molecule has 1 aromatic carbocycles. The van der Waals surface area contributed by atoms with Crippen molar-refractivity contribution in [2.45, 2.75) is 12.2 Å². The molecule has 1 amide bonds. The molecule has 0 fully saturated rings. The van der Waals surface area contributed by atoms with Gasteiger partial charge in [-0.15, -0.1) is 0 Å². The molecular weight excluding hydrogens is 214 g/mol. The highest BCUT2D eigenvalue weighted by Crippen LogP contribution is 2.21. The van der Waals surface area contributed by atoms with Gasteiger partial charge >= 0.3 is 0 Å². The van der Waals surface area contributed by atoms with E-state index < -0.39 is 18.1 Å². The third-order valence-corrected chi connectivity index (χ3v) is 2.47. The van der Waals surface area contributed by atoms with Crippen LogP contribution in [0.2, 0.25) is 0 Å². The van der Waals surface area contributed by atoms with E-state index >= 15 is 0 Å². The second-order valence-corrected chi connectivity index (χ2v) is 3.51. The summed E-state index contributed by atoms with van der Waals surface area (Å²) in [5, 5.41) is 19.1. The smallest absolute Gasteiger partial charge is 0.249 e. The summed E-state index contributed by atoms with van der Waals surface area (Å²) < 4.78 is 0. The van der Waals surface area contributed by atoms with E-state index in [1.54, 1.807) is 18.2 Å². The van der Waals surface area contributed by atoms with Crippen LogP contribution in [-0.2, 0) is 0 Å². The van der Waals surface area contributed by atoms with Gasteiger partial charge in [-0.1, -0.05) is 18.2 Å². The van der Waals surface area contributed by atoms with Gasteiger partial charge in [0.2, 0.25) is 5.91 Å². The number of rotatable bonds is 4. The Morgan fingerprint density at radius 3 is 2.53 bits per heavy atom. The lowest BCUT2D eigenvalue weighted by Gasteiger charge is -2.18. The van der Waals surface area contributed by atoms with Crippen LogP contribution >= 0.6 is 12.6 Å². The molecule has 0 radical (unpaired) electrons. The van der Waals surface area contributed by atoms with Gasteiger partial charge in [-0.25, -0.2) is 0 Å². The number of hydrogen-bond acceptors (Lipinski definition) is 4. The summed E-state index contributed by atoms with van der Waals surface area (Å²) in [6.07, 6.45) is -2.17. The Hall–Kier alpha value is -1.04. The largest absolute Gasteiger partial charge is 0.389 e. The van der Waals surface area contributed by atoms with E-state index in [2.05, 4.69) is 12.6 Å². The molecule has 0 aliphatic carbocycles. The molecule has 0 saturated carbocycles. The number of benzene rings is 1. The molecule has 0 bridgehead atoms. The van der Waals surface area contributed by atoms with Crippen molar-refractivity contribution < 1.29 is 15.0 Å².